The Balaban J connectivity index is 0.00000180. The van der Waals surface area contributed by atoms with E-state index in [9.17, 15) is 0 Å². The topological polar surface area (TPSA) is 63.8 Å². The number of nitrogens with zero attached hydrogens (tertiary/aromatic N) is 3. The SMILES string of the molecule is CNC(C)Cc1noc(/C=C/c2cnc(C)s2)n1.Cl. The van der Waals surface area contributed by atoms with Crippen LogP contribution in [0.5, 0.6) is 0 Å². The lowest BCUT2D eigenvalue weighted by Crippen LogP contribution is -2.24. The van der Waals surface area contributed by atoms with Crippen molar-refractivity contribution in [3.05, 3.63) is 27.8 Å². The Bertz CT molecular complexity index is 537. The summed E-state index contributed by atoms with van der Waals surface area (Å²) in [6, 6.07) is 0.337. The molecule has 19 heavy (non-hydrogen) atoms. The van der Waals surface area contributed by atoms with Crippen molar-refractivity contribution in [3.63, 3.8) is 0 Å². The summed E-state index contributed by atoms with van der Waals surface area (Å²) in [7, 11) is 1.91. The maximum Gasteiger partial charge on any atom is 0.250 e. The van der Waals surface area contributed by atoms with Crippen LogP contribution in [-0.2, 0) is 6.42 Å². The first kappa shape index (κ1) is 15.8. The van der Waals surface area contributed by atoms with E-state index >= 15 is 0 Å². The van der Waals surface area contributed by atoms with Crippen LogP contribution in [-0.4, -0.2) is 28.2 Å². The maximum absolute atomic E-state index is 5.15. The Kier molecular flexibility index (Phi) is 6.14. The second kappa shape index (κ2) is 7.37. The van der Waals surface area contributed by atoms with Crippen LogP contribution in [0.1, 0.15) is 28.5 Å². The molecule has 0 fully saturated rings. The highest BCUT2D eigenvalue weighted by Crippen LogP contribution is 2.14. The van der Waals surface area contributed by atoms with Gasteiger partial charge in [-0.15, -0.1) is 23.7 Å². The highest BCUT2D eigenvalue weighted by Gasteiger charge is 2.07. The molecule has 0 bridgehead atoms. The van der Waals surface area contributed by atoms with Crippen molar-refractivity contribution in [3.8, 4) is 0 Å². The molecular weight excluding hydrogens is 284 g/mol. The van der Waals surface area contributed by atoms with Gasteiger partial charge in [-0.3, -0.25) is 0 Å². The molecule has 1 atom stereocenters. The molecule has 2 aromatic rings. The van der Waals surface area contributed by atoms with Gasteiger partial charge in [0.25, 0.3) is 5.89 Å². The molecule has 0 saturated carbocycles. The molecule has 0 aliphatic heterocycles. The van der Waals surface area contributed by atoms with Crippen molar-refractivity contribution in [2.75, 3.05) is 7.05 Å². The first-order valence-electron chi connectivity index (χ1n) is 5.77. The second-order valence-electron chi connectivity index (χ2n) is 4.06. The minimum atomic E-state index is 0. The van der Waals surface area contributed by atoms with Gasteiger partial charge in [-0.2, -0.15) is 4.98 Å². The summed E-state index contributed by atoms with van der Waals surface area (Å²) in [5.41, 5.74) is 0. The van der Waals surface area contributed by atoms with Crippen molar-refractivity contribution in [2.45, 2.75) is 26.3 Å². The molecule has 0 amide bonds. The van der Waals surface area contributed by atoms with E-state index in [-0.39, 0.29) is 12.4 Å². The molecule has 0 aliphatic rings. The van der Waals surface area contributed by atoms with E-state index in [0.29, 0.717) is 11.9 Å². The number of aryl methyl sites for hydroxylation is 1. The molecule has 0 radical (unpaired) electrons. The molecule has 5 nitrogen and oxygen atoms in total. The molecule has 1 N–H and O–H groups in total. The zero-order chi connectivity index (χ0) is 13.0. The average molecular weight is 301 g/mol. The van der Waals surface area contributed by atoms with Crippen LogP contribution in [0.2, 0.25) is 0 Å². The fraction of sp³-hybridized carbons (Fsp3) is 0.417. The number of thiazole rings is 1. The Hall–Kier alpha value is -1.24. The predicted octanol–water partition coefficient (Wildman–Crippen LogP) is 2.58. The van der Waals surface area contributed by atoms with Gasteiger partial charge >= 0.3 is 0 Å². The standard InChI is InChI=1S/C12H16N4OS.ClH/c1-8(13-3)6-11-15-12(17-16-11)5-4-10-7-14-9(2)18-10;/h4-5,7-8,13H,6H2,1-3H3;1H/b5-4+;. The summed E-state index contributed by atoms with van der Waals surface area (Å²) in [4.78, 5) is 9.56. The molecule has 1 unspecified atom stereocenters. The first-order chi connectivity index (χ1) is 8.67. The Labute approximate surface area is 122 Å². The third-order valence-corrected chi connectivity index (χ3v) is 3.37. The largest absolute Gasteiger partial charge is 0.335 e. The zero-order valence-corrected chi connectivity index (χ0v) is 12.7. The van der Waals surface area contributed by atoms with Crippen molar-refractivity contribution in [2.24, 2.45) is 0 Å². The van der Waals surface area contributed by atoms with Gasteiger partial charge in [0.15, 0.2) is 5.82 Å². The molecule has 2 aromatic heterocycles. The van der Waals surface area contributed by atoms with E-state index in [1.54, 1.807) is 11.3 Å². The van der Waals surface area contributed by atoms with Gasteiger partial charge in [0.2, 0.25) is 0 Å². The first-order valence-corrected chi connectivity index (χ1v) is 6.59. The van der Waals surface area contributed by atoms with E-state index in [1.165, 1.54) is 0 Å². The van der Waals surface area contributed by atoms with Crippen LogP contribution in [0.4, 0.5) is 0 Å². The third kappa shape index (κ3) is 4.74. The number of hydrogen-bond acceptors (Lipinski definition) is 6. The third-order valence-electron chi connectivity index (χ3n) is 2.49. The minimum Gasteiger partial charge on any atom is -0.335 e. The summed E-state index contributed by atoms with van der Waals surface area (Å²) in [6.45, 7) is 4.05. The van der Waals surface area contributed by atoms with Crippen molar-refractivity contribution in [1.82, 2.24) is 20.4 Å². The average Bonchev–Trinajstić information content (AvgIpc) is 2.96. The molecule has 2 heterocycles. The van der Waals surface area contributed by atoms with E-state index < -0.39 is 0 Å². The fourth-order valence-corrected chi connectivity index (χ4v) is 2.09. The number of rotatable bonds is 5. The number of hydrogen-bond donors (Lipinski definition) is 1. The second-order valence-corrected chi connectivity index (χ2v) is 5.32. The summed E-state index contributed by atoms with van der Waals surface area (Å²) in [6.07, 6.45) is 6.33. The van der Waals surface area contributed by atoms with E-state index in [2.05, 4.69) is 27.4 Å². The summed E-state index contributed by atoms with van der Waals surface area (Å²) in [5.74, 6) is 1.25. The molecule has 104 valence electrons. The summed E-state index contributed by atoms with van der Waals surface area (Å²) in [5, 5.41) is 8.11. The number of likely N-dealkylation sites (N-methyl/N-ethyl adjacent to an activating group) is 1. The van der Waals surface area contributed by atoms with Gasteiger partial charge < -0.3 is 9.84 Å². The minimum absolute atomic E-state index is 0. The molecular formula is C12H17ClN4OS. The van der Waals surface area contributed by atoms with E-state index in [1.807, 2.05) is 32.3 Å². The van der Waals surface area contributed by atoms with Gasteiger partial charge in [0, 0.05) is 29.6 Å². The molecule has 2 rings (SSSR count). The molecule has 0 spiro atoms. The number of halogens is 1. The van der Waals surface area contributed by atoms with Gasteiger partial charge in [0.1, 0.15) is 0 Å². The van der Waals surface area contributed by atoms with Crippen LogP contribution in [0, 0.1) is 6.92 Å². The summed E-state index contributed by atoms with van der Waals surface area (Å²) < 4.78 is 5.15. The number of aromatic nitrogens is 3. The van der Waals surface area contributed by atoms with E-state index in [4.69, 9.17) is 4.52 Å². The summed E-state index contributed by atoms with van der Waals surface area (Å²) >= 11 is 1.63. The highest BCUT2D eigenvalue weighted by atomic mass is 35.5. The molecule has 0 aliphatic carbocycles. The Morgan fingerprint density at radius 3 is 2.89 bits per heavy atom. The molecule has 7 heteroatoms. The monoisotopic (exact) mass is 300 g/mol. The highest BCUT2D eigenvalue weighted by molar-refractivity contribution is 7.12. The predicted molar refractivity (Wildman–Crippen MR) is 79.6 cm³/mol. The van der Waals surface area contributed by atoms with Crippen molar-refractivity contribution >= 4 is 35.9 Å². The van der Waals surface area contributed by atoms with Crippen LogP contribution >= 0.6 is 23.7 Å². The van der Waals surface area contributed by atoms with Crippen LogP contribution < -0.4 is 5.32 Å². The van der Waals surface area contributed by atoms with Gasteiger partial charge in [-0.1, -0.05) is 5.16 Å². The van der Waals surface area contributed by atoms with Gasteiger partial charge in [-0.25, -0.2) is 4.98 Å². The van der Waals surface area contributed by atoms with E-state index in [0.717, 1.165) is 22.1 Å². The lowest BCUT2D eigenvalue weighted by atomic mass is 10.2. The van der Waals surface area contributed by atoms with Crippen molar-refractivity contribution in [1.29, 1.82) is 0 Å². The fourth-order valence-electron chi connectivity index (χ4n) is 1.40. The van der Waals surface area contributed by atoms with Gasteiger partial charge in [-0.05, 0) is 27.0 Å². The molecule has 0 aromatic carbocycles. The van der Waals surface area contributed by atoms with Gasteiger partial charge in [0.05, 0.1) is 5.01 Å². The maximum atomic E-state index is 5.15. The lowest BCUT2D eigenvalue weighted by Gasteiger charge is -2.04. The Morgan fingerprint density at radius 1 is 1.47 bits per heavy atom. The smallest absolute Gasteiger partial charge is 0.250 e. The quantitative estimate of drug-likeness (QED) is 0.919. The molecule has 0 saturated heterocycles. The van der Waals surface area contributed by atoms with Crippen molar-refractivity contribution < 1.29 is 4.52 Å². The van der Waals surface area contributed by atoms with Crippen LogP contribution in [0.15, 0.2) is 10.7 Å². The van der Waals surface area contributed by atoms with Crippen LogP contribution in [0.3, 0.4) is 0 Å². The van der Waals surface area contributed by atoms with Crippen LogP contribution in [0.25, 0.3) is 12.2 Å². The Morgan fingerprint density at radius 2 is 2.26 bits per heavy atom. The lowest BCUT2D eigenvalue weighted by molar-refractivity contribution is 0.400. The normalized spacial score (nSPS) is 12.6. The zero-order valence-electron chi connectivity index (χ0n) is 11.1. The number of nitrogens with one attached hydrogen (secondary N) is 1.